The predicted octanol–water partition coefficient (Wildman–Crippen LogP) is 1.53. The van der Waals surface area contributed by atoms with Crippen molar-refractivity contribution in [2.75, 3.05) is 6.61 Å². The van der Waals surface area contributed by atoms with Crippen molar-refractivity contribution in [2.45, 2.75) is 57.8 Å². The van der Waals surface area contributed by atoms with Crippen LogP contribution in [0.4, 0.5) is 4.79 Å². The van der Waals surface area contributed by atoms with Crippen molar-refractivity contribution in [3.63, 3.8) is 0 Å². The Hall–Kier alpha value is -1.30. The van der Waals surface area contributed by atoms with Gasteiger partial charge in [-0.1, -0.05) is 0 Å². The van der Waals surface area contributed by atoms with Crippen LogP contribution in [0.25, 0.3) is 0 Å². The summed E-state index contributed by atoms with van der Waals surface area (Å²) >= 11 is 0. The molecule has 0 radical (unpaired) electrons. The number of ether oxygens (including phenoxy) is 2. The van der Waals surface area contributed by atoms with Crippen molar-refractivity contribution in [3.8, 4) is 0 Å². The molecule has 1 saturated heterocycles. The van der Waals surface area contributed by atoms with Crippen LogP contribution in [0.2, 0.25) is 0 Å². The summed E-state index contributed by atoms with van der Waals surface area (Å²) in [5, 5.41) is 11.7. The van der Waals surface area contributed by atoms with Gasteiger partial charge in [0.05, 0.1) is 6.61 Å². The Bertz CT molecular complexity index is 336. The van der Waals surface area contributed by atoms with Crippen LogP contribution < -0.4 is 5.32 Å². The lowest BCUT2D eigenvalue weighted by atomic mass is 9.92. The maximum absolute atomic E-state index is 11.6. The van der Waals surface area contributed by atoms with Crippen molar-refractivity contribution in [1.82, 2.24) is 5.32 Å². The Morgan fingerprint density at radius 3 is 2.56 bits per heavy atom. The second kappa shape index (κ2) is 5.14. The standard InChI is InChI=1S/C12H21NO5/c1-11(2,3)18-10(16)13-8-5-6-17-12(4,7-8)9(14)15/h8H,5-7H2,1-4H3,(H,13,16)(H,14,15). The number of alkyl carbamates (subject to hydrolysis) is 1. The molecule has 0 bridgehead atoms. The highest BCUT2D eigenvalue weighted by Gasteiger charge is 2.40. The molecule has 2 N–H and O–H groups in total. The minimum atomic E-state index is -1.24. The largest absolute Gasteiger partial charge is 0.479 e. The van der Waals surface area contributed by atoms with E-state index in [1.54, 1.807) is 20.8 Å². The first kappa shape index (κ1) is 14.8. The fourth-order valence-corrected chi connectivity index (χ4v) is 1.80. The molecule has 1 rings (SSSR count). The summed E-state index contributed by atoms with van der Waals surface area (Å²) in [5.74, 6) is -1.02. The van der Waals surface area contributed by atoms with Crippen LogP contribution in [0, 0.1) is 0 Å². The third-order valence-corrected chi connectivity index (χ3v) is 2.70. The van der Waals surface area contributed by atoms with Crippen molar-refractivity contribution in [1.29, 1.82) is 0 Å². The highest BCUT2D eigenvalue weighted by Crippen LogP contribution is 2.25. The molecule has 6 nitrogen and oxygen atoms in total. The van der Waals surface area contributed by atoms with Gasteiger partial charge in [-0.2, -0.15) is 0 Å². The van der Waals surface area contributed by atoms with Crippen molar-refractivity contribution >= 4 is 12.1 Å². The monoisotopic (exact) mass is 259 g/mol. The lowest BCUT2D eigenvalue weighted by molar-refractivity contribution is -0.170. The van der Waals surface area contributed by atoms with Crippen LogP contribution >= 0.6 is 0 Å². The van der Waals surface area contributed by atoms with Gasteiger partial charge in [0.15, 0.2) is 5.60 Å². The van der Waals surface area contributed by atoms with Gasteiger partial charge >= 0.3 is 12.1 Å². The maximum Gasteiger partial charge on any atom is 0.407 e. The number of nitrogens with one attached hydrogen (secondary N) is 1. The van der Waals surface area contributed by atoms with E-state index in [0.29, 0.717) is 13.0 Å². The minimum Gasteiger partial charge on any atom is -0.479 e. The molecular weight excluding hydrogens is 238 g/mol. The molecule has 1 aliphatic rings. The minimum absolute atomic E-state index is 0.238. The lowest BCUT2D eigenvalue weighted by Crippen LogP contribution is -2.51. The van der Waals surface area contributed by atoms with Gasteiger partial charge in [-0.05, 0) is 34.1 Å². The molecule has 1 amide bonds. The third-order valence-electron chi connectivity index (χ3n) is 2.70. The molecule has 0 aromatic rings. The van der Waals surface area contributed by atoms with Gasteiger partial charge in [-0.15, -0.1) is 0 Å². The van der Waals surface area contributed by atoms with E-state index in [9.17, 15) is 9.59 Å². The molecule has 0 aliphatic carbocycles. The van der Waals surface area contributed by atoms with E-state index in [0.717, 1.165) is 0 Å². The Morgan fingerprint density at radius 2 is 2.06 bits per heavy atom. The number of aliphatic carboxylic acids is 1. The first-order valence-corrected chi connectivity index (χ1v) is 5.99. The summed E-state index contributed by atoms with van der Waals surface area (Å²) in [4.78, 5) is 22.7. The molecule has 18 heavy (non-hydrogen) atoms. The van der Waals surface area contributed by atoms with Crippen LogP contribution in [0.3, 0.4) is 0 Å². The van der Waals surface area contributed by atoms with E-state index in [4.69, 9.17) is 14.6 Å². The van der Waals surface area contributed by atoms with Crippen molar-refractivity contribution < 1.29 is 24.2 Å². The van der Waals surface area contributed by atoms with E-state index in [1.165, 1.54) is 6.92 Å². The van der Waals surface area contributed by atoms with E-state index in [1.807, 2.05) is 0 Å². The zero-order valence-electron chi connectivity index (χ0n) is 11.3. The average molecular weight is 259 g/mol. The summed E-state index contributed by atoms with van der Waals surface area (Å²) in [6.45, 7) is 7.15. The maximum atomic E-state index is 11.6. The smallest absolute Gasteiger partial charge is 0.407 e. The molecule has 0 spiro atoms. The van der Waals surface area contributed by atoms with Gasteiger partial charge in [0.2, 0.25) is 0 Å². The van der Waals surface area contributed by atoms with E-state index in [-0.39, 0.29) is 12.5 Å². The Kier molecular flexibility index (Phi) is 4.21. The van der Waals surface area contributed by atoms with Crippen molar-refractivity contribution in [3.05, 3.63) is 0 Å². The highest BCUT2D eigenvalue weighted by molar-refractivity contribution is 5.77. The first-order valence-electron chi connectivity index (χ1n) is 5.99. The van der Waals surface area contributed by atoms with Crippen LogP contribution in [-0.4, -0.2) is 41.0 Å². The SMILES string of the molecule is CC(C)(C)OC(=O)NC1CCOC(C)(C(=O)O)C1. The van der Waals surface area contributed by atoms with E-state index < -0.39 is 23.3 Å². The Labute approximate surface area is 107 Å². The molecule has 6 heteroatoms. The zero-order valence-corrected chi connectivity index (χ0v) is 11.3. The molecule has 0 saturated carbocycles. The lowest BCUT2D eigenvalue weighted by Gasteiger charge is -2.35. The van der Waals surface area contributed by atoms with Gasteiger partial charge in [0, 0.05) is 12.5 Å². The molecule has 1 heterocycles. The highest BCUT2D eigenvalue weighted by atomic mass is 16.6. The number of hydrogen-bond donors (Lipinski definition) is 2. The topological polar surface area (TPSA) is 84.9 Å². The number of carboxylic acid groups (broad SMARTS) is 1. The summed E-state index contributed by atoms with van der Waals surface area (Å²) < 4.78 is 10.4. The molecule has 1 fully saturated rings. The van der Waals surface area contributed by atoms with E-state index in [2.05, 4.69) is 5.32 Å². The van der Waals surface area contributed by atoms with Gasteiger partial charge in [-0.3, -0.25) is 0 Å². The molecule has 2 atom stereocenters. The normalized spacial score (nSPS) is 28.6. The van der Waals surface area contributed by atoms with Crippen LogP contribution in [-0.2, 0) is 14.3 Å². The number of carboxylic acids is 1. The van der Waals surface area contributed by atoms with Gasteiger partial charge in [-0.25, -0.2) is 9.59 Å². The molecule has 2 unspecified atom stereocenters. The second-order valence-electron chi connectivity index (χ2n) is 5.72. The predicted molar refractivity (Wildman–Crippen MR) is 64.4 cm³/mol. The summed E-state index contributed by atoms with van der Waals surface area (Å²) in [6, 6.07) is -0.241. The summed E-state index contributed by atoms with van der Waals surface area (Å²) in [5.41, 5.74) is -1.80. The Balaban J connectivity index is 2.53. The number of carbonyl (C=O) groups is 2. The van der Waals surface area contributed by atoms with Crippen LogP contribution in [0.15, 0.2) is 0 Å². The summed E-state index contributed by atoms with van der Waals surface area (Å²) in [7, 11) is 0. The average Bonchev–Trinajstić information content (AvgIpc) is 2.13. The molecule has 0 aromatic carbocycles. The number of carbonyl (C=O) groups excluding carboxylic acids is 1. The first-order chi connectivity index (χ1) is 8.12. The number of amides is 1. The van der Waals surface area contributed by atoms with E-state index >= 15 is 0 Å². The third kappa shape index (κ3) is 4.18. The van der Waals surface area contributed by atoms with Crippen molar-refractivity contribution in [2.24, 2.45) is 0 Å². The molecular formula is C12H21NO5. The fourth-order valence-electron chi connectivity index (χ4n) is 1.80. The van der Waals surface area contributed by atoms with Gasteiger partial charge < -0.3 is 19.9 Å². The number of hydrogen-bond acceptors (Lipinski definition) is 4. The second-order valence-corrected chi connectivity index (χ2v) is 5.72. The molecule has 104 valence electrons. The van der Waals surface area contributed by atoms with Gasteiger partial charge in [0.25, 0.3) is 0 Å². The van der Waals surface area contributed by atoms with Gasteiger partial charge in [0.1, 0.15) is 5.60 Å². The number of rotatable bonds is 2. The van der Waals surface area contributed by atoms with Crippen LogP contribution in [0.5, 0.6) is 0 Å². The van der Waals surface area contributed by atoms with Crippen LogP contribution in [0.1, 0.15) is 40.5 Å². The molecule has 1 aliphatic heterocycles. The molecule has 0 aromatic heterocycles. The zero-order chi connectivity index (χ0) is 14.0. The fraction of sp³-hybridized carbons (Fsp3) is 0.833. The Morgan fingerprint density at radius 1 is 1.44 bits per heavy atom. The summed E-state index contributed by atoms with van der Waals surface area (Å²) in [6.07, 6.45) is 0.297. The quantitative estimate of drug-likeness (QED) is 0.785.